The zero-order valence-electron chi connectivity index (χ0n) is 19.3. The number of aliphatic hydroxyl groups excluding tert-OH is 1. The third-order valence-corrected chi connectivity index (χ3v) is 7.32. The van der Waals surface area contributed by atoms with E-state index in [2.05, 4.69) is 55.2 Å². The fourth-order valence-electron chi connectivity index (χ4n) is 4.34. The van der Waals surface area contributed by atoms with Crippen molar-refractivity contribution in [3.05, 3.63) is 77.7 Å². The Morgan fingerprint density at radius 1 is 1.09 bits per heavy atom. The van der Waals surface area contributed by atoms with Crippen LogP contribution >= 0.6 is 11.3 Å². The van der Waals surface area contributed by atoms with Gasteiger partial charge in [0.2, 0.25) is 0 Å². The summed E-state index contributed by atoms with van der Waals surface area (Å²) in [6, 6.07) is 18.5. The first-order valence-electron chi connectivity index (χ1n) is 11.0. The molecule has 173 valence electrons. The summed E-state index contributed by atoms with van der Waals surface area (Å²) in [6.07, 6.45) is 5.52. The van der Waals surface area contributed by atoms with Crippen LogP contribution in [0, 0.1) is 17.9 Å². The van der Waals surface area contributed by atoms with Gasteiger partial charge in [0.1, 0.15) is 0 Å². The van der Waals surface area contributed by atoms with Crippen LogP contribution in [0.15, 0.2) is 60.5 Å². The molecule has 0 bridgehead atoms. The summed E-state index contributed by atoms with van der Waals surface area (Å²) in [5.74, 6) is 1.48. The maximum atomic E-state index is 10.0. The van der Waals surface area contributed by atoms with Crippen molar-refractivity contribution in [3.63, 3.8) is 0 Å². The van der Waals surface area contributed by atoms with Gasteiger partial charge in [-0.3, -0.25) is 4.79 Å². The largest absolute Gasteiger partial charge is 0.512 e. The molecule has 0 spiro atoms. The van der Waals surface area contributed by atoms with E-state index in [1.54, 1.807) is 11.1 Å². The zero-order valence-corrected chi connectivity index (χ0v) is 22.5. The minimum atomic E-state index is -0.125. The van der Waals surface area contributed by atoms with Crippen LogP contribution in [0.4, 0.5) is 0 Å². The minimum absolute atomic E-state index is 0. The summed E-state index contributed by atoms with van der Waals surface area (Å²) >= 11 is 1.88. The number of fused-ring (bicyclic) bond motifs is 4. The second-order valence-corrected chi connectivity index (χ2v) is 9.84. The third kappa shape index (κ3) is 5.60. The van der Waals surface area contributed by atoms with Crippen LogP contribution in [0.25, 0.3) is 31.4 Å². The first-order valence-corrected chi connectivity index (χ1v) is 11.8. The van der Waals surface area contributed by atoms with Gasteiger partial charge in [0, 0.05) is 47.5 Å². The molecule has 1 aliphatic carbocycles. The standard InChI is InChI=1S/C23H20NS.C5H8O2.Ir/c1-14-10-17-12-20-19-8-9-24-22(16-6-4-3-5-7-16)23(19)25-21(20)13-18(17)11-15(14)2;1-4(6)3-5(2)7;/h3-6,8-9,12-15H,10-11H2,1-2H3;3,6H,1-2H3;/q-1;;/b;4-3-;. The second kappa shape index (κ2) is 10.7. The molecule has 2 aromatic heterocycles. The number of hydrogen-bond donors (Lipinski definition) is 1. The molecule has 0 aliphatic heterocycles. The summed E-state index contributed by atoms with van der Waals surface area (Å²) in [5, 5.41) is 11.1. The SMILES string of the molecule is CC(=O)/C=C(/C)O.CC1Cc2cc3sc4c(-c5[c-]cccc5)nccc4c3cc2CC1C.[Ir]. The van der Waals surface area contributed by atoms with Gasteiger partial charge < -0.3 is 10.1 Å². The Bertz CT molecular complexity index is 1310. The molecule has 0 amide bonds. The molecular formula is C28H28IrNO2S-. The molecule has 1 radical (unpaired) electrons. The fraction of sp³-hybridized carbons (Fsp3) is 0.286. The number of carbonyl (C=O) groups excluding carboxylic acids is 1. The maximum Gasteiger partial charge on any atom is 0.155 e. The number of nitrogens with zero attached hydrogens (tertiary/aromatic N) is 1. The van der Waals surface area contributed by atoms with E-state index in [1.807, 2.05) is 29.7 Å². The Morgan fingerprint density at radius 2 is 1.79 bits per heavy atom. The van der Waals surface area contributed by atoms with Crippen molar-refractivity contribution in [2.75, 3.05) is 0 Å². The average molecular weight is 635 g/mol. The number of benzene rings is 2. The molecule has 2 heterocycles. The van der Waals surface area contributed by atoms with Crippen LogP contribution in [0.1, 0.15) is 38.8 Å². The van der Waals surface area contributed by atoms with Crippen LogP contribution in [-0.2, 0) is 37.7 Å². The number of carbonyl (C=O) groups is 1. The van der Waals surface area contributed by atoms with Gasteiger partial charge in [0.15, 0.2) is 5.78 Å². The van der Waals surface area contributed by atoms with Gasteiger partial charge in [0.05, 0.1) is 5.76 Å². The molecule has 2 atom stereocenters. The van der Waals surface area contributed by atoms with Crippen molar-refractivity contribution in [1.82, 2.24) is 4.98 Å². The van der Waals surface area contributed by atoms with Gasteiger partial charge in [0.25, 0.3) is 0 Å². The van der Waals surface area contributed by atoms with Gasteiger partial charge in [-0.05, 0) is 78.6 Å². The van der Waals surface area contributed by atoms with Crippen molar-refractivity contribution in [2.24, 2.45) is 11.8 Å². The van der Waals surface area contributed by atoms with Crippen LogP contribution in [0.3, 0.4) is 0 Å². The Balaban J connectivity index is 0.000000337. The van der Waals surface area contributed by atoms with Gasteiger partial charge in [-0.25, -0.2) is 0 Å². The summed E-state index contributed by atoms with van der Waals surface area (Å²) < 4.78 is 2.67. The Kier molecular flexibility index (Phi) is 8.23. The van der Waals surface area contributed by atoms with E-state index >= 15 is 0 Å². The maximum absolute atomic E-state index is 10.0. The second-order valence-electron chi connectivity index (χ2n) is 8.79. The topological polar surface area (TPSA) is 50.2 Å². The molecular weight excluding hydrogens is 607 g/mol. The molecule has 1 aliphatic rings. The molecule has 1 N–H and O–H groups in total. The molecule has 3 nitrogen and oxygen atoms in total. The van der Waals surface area contributed by atoms with E-state index < -0.39 is 0 Å². The average Bonchev–Trinajstić information content (AvgIpc) is 3.10. The molecule has 2 aromatic carbocycles. The van der Waals surface area contributed by atoms with Crippen molar-refractivity contribution < 1.29 is 30.0 Å². The van der Waals surface area contributed by atoms with Gasteiger partial charge >= 0.3 is 0 Å². The normalized spacial score (nSPS) is 17.6. The van der Waals surface area contributed by atoms with Crippen molar-refractivity contribution >= 4 is 37.3 Å². The number of pyridine rings is 1. The fourth-order valence-corrected chi connectivity index (χ4v) is 5.59. The summed E-state index contributed by atoms with van der Waals surface area (Å²) in [6.45, 7) is 7.62. The number of ketones is 1. The van der Waals surface area contributed by atoms with Gasteiger partial charge in [-0.1, -0.05) is 13.8 Å². The smallest absolute Gasteiger partial charge is 0.155 e. The summed E-state index contributed by atoms with van der Waals surface area (Å²) in [7, 11) is 0. The Hall–Kier alpha value is -2.33. The molecule has 4 aromatic rings. The van der Waals surface area contributed by atoms with Crippen LogP contribution < -0.4 is 0 Å². The van der Waals surface area contributed by atoms with Crippen LogP contribution in [-0.4, -0.2) is 15.9 Å². The quantitative estimate of drug-likeness (QED) is 0.143. The van der Waals surface area contributed by atoms with E-state index in [1.165, 1.54) is 52.9 Å². The van der Waals surface area contributed by atoms with E-state index in [-0.39, 0.29) is 31.6 Å². The monoisotopic (exact) mass is 635 g/mol. The third-order valence-electron chi connectivity index (χ3n) is 6.14. The van der Waals surface area contributed by atoms with E-state index in [4.69, 9.17) is 5.11 Å². The number of aromatic nitrogens is 1. The predicted octanol–water partition coefficient (Wildman–Crippen LogP) is 7.32. The number of thiophene rings is 1. The zero-order chi connectivity index (χ0) is 22.8. The van der Waals surface area contributed by atoms with Crippen molar-refractivity contribution in [1.29, 1.82) is 0 Å². The first-order chi connectivity index (χ1) is 15.3. The summed E-state index contributed by atoms with van der Waals surface area (Å²) in [5.41, 5.74) is 5.22. The molecule has 33 heavy (non-hydrogen) atoms. The number of rotatable bonds is 2. The number of allylic oxidation sites excluding steroid dienone is 2. The molecule has 0 saturated heterocycles. The van der Waals surface area contributed by atoms with Crippen LogP contribution in [0.5, 0.6) is 0 Å². The van der Waals surface area contributed by atoms with E-state index in [9.17, 15) is 4.79 Å². The van der Waals surface area contributed by atoms with E-state index in [0.717, 1.165) is 23.1 Å². The first kappa shape index (κ1) is 25.3. The minimum Gasteiger partial charge on any atom is -0.512 e. The van der Waals surface area contributed by atoms with Crippen LogP contribution in [0.2, 0.25) is 0 Å². The molecule has 5 heteroatoms. The predicted molar refractivity (Wildman–Crippen MR) is 134 cm³/mol. The molecule has 2 unspecified atom stereocenters. The summed E-state index contributed by atoms with van der Waals surface area (Å²) in [4.78, 5) is 14.7. The molecule has 5 rings (SSSR count). The number of hydrogen-bond acceptors (Lipinski definition) is 4. The van der Waals surface area contributed by atoms with Crippen molar-refractivity contribution in [3.8, 4) is 11.3 Å². The van der Waals surface area contributed by atoms with Crippen molar-refractivity contribution in [2.45, 2.75) is 40.5 Å². The van der Waals surface area contributed by atoms with Gasteiger partial charge in [-0.15, -0.1) is 47.2 Å². The Labute approximate surface area is 212 Å². The Morgan fingerprint density at radius 3 is 2.36 bits per heavy atom. The molecule has 0 saturated carbocycles. The van der Waals surface area contributed by atoms with Gasteiger partial charge in [-0.2, -0.15) is 0 Å². The van der Waals surface area contributed by atoms with E-state index in [0.29, 0.717) is 0 Å². The number of aliphatic hydroxyl groups is 1. The molecule has 0 fully saturated rings.